The molecule has 0 bridgehead atoms. The average Bonchev–Trinajstić information content (AvgIpc) is 3.35. The highest BCUT2D eigenvalue weighted by atomic mass is 15.2. The van der Waals surface area contributed by atoms with Gasteiger partial charge in [0.2, 0.25) is 0 Å². The van der Waals surface area contributed by atoms with Gasteiger partial charge in [-0.05, 0) is 73.6 Å². The zero-order valence-electron chi connectivity index (χ0n) is 20.1. The first-order valence-electron chi connectivity index (χ1n) is 12.7. The molecule has 1 fully saturated rings. The summed E-state index contributed by atoms with van der Waals surface area (Å²) in [5.41, 5.74) is 15.0. The van der Waals surface area contributed by atoms with Crippen molar-refractivity contribution >= 4 is 17.0 Å². The predicted molar refractivity (Wildman–Crippen MR) is 140 cm³/mol. The smallest absolute Gasteiger partial charge is 0.0992 e. The third kappa shape index (κ3) is 4.69. The topological polar surface area (TPSA) is 77.1 Å². The summed E-state index contributed by atoms with van der Waals surface area (Å²) in [6.45, 7) is 5.02. The van der Waals surface area contributed by atoms with Crippen molar-refractivity contribution < 1.29 is 0 Å². The lowest BCUT2D eigenvalue weighted by atomic mass is 9.90. The van der Waals surface area contributed by atoms with E-state index >= 15 is 0 Å². The van der Waals surface area contributed by atoms with Crippen LogP contribution < -0.4 is 16.4 Å². The van der Waals surface area contributed by atoms with Crippen LogP contribution in [0.25, 0.3) is 11.3 Å². The molecule has 1 unspecified atom stereocenters. The molecular formula is C29H35N5. The van der Waals surface area contributed by atoms with Gasteiger partial charge in [-0.1, -0.05) is 37.1 Å². The largest absolute Gasteiger partial charge is 0.401 e. The van der Waals surface area contributed by atoms with Crippen LogP contribution in [0.4, 0.5) is 5.69 Å². The second-order valence-corrected chi connectivity index (χ2v) is 9.88. The molecule has 1 atom stereocenters. The minimum atomic E-state index is 0.132. The van der Waals surface area contributed by atoms with Gasteiger partial charge < -0.3 is 16.4 Å². The molecular weight excluding hydrogens is 418 g/mol. The number of nitrogens with one attached hydrogen (secondary N) is 2. The summed E-state index contributed by atoms with van der Waals surface area (Å²) in [6.07, 6.45) is 9.98. The maximum absolute atomic E-state index is 9.32. The molecule has 0 radical (unpaired) electrons. The van der Waals surface area contributed by atoms with Gasteiger partial charge in [0.1, 0.15) is 0 Å². The fourth-order valence-electron chi connectivity index (χ4n) is 5.80. The van der Waals surface area contributed by atoms with Crippen LogP contribution in [0.15, 0.2) is 54.2 Å². The van der Waals surface area contributed by atoms with Gasteiger partial charge >= 0.3 is 0 Å². The molecule has 2 aromatic rings. The number of fused-ring (bicyclic) bond motifs is 1. The van der Waals surface area contributed by atoms with Crippen LogP contribution in [0.1, 0.15) is 73.7 Å². The van der Waals surface area contributed by atoms with Crippen LogP contribution in [0.2, 0.25) is 0 Å². The van der Waals surface area contributed by atoms with E-state index in [1.165, 1.54) is 47.9 Å². The van der Waals surface area contributed by atoms with Crippen molar-refractivity contribution in [2.24, 2.45) is 5.73 Å². The van der Waals surface area contributed by atoms with Crippen LogP contribution in [0.3, 0.4) is 0 Å². The molecule has 2 heterocycles. The molecule has 0 saturated heterocycles. The van der Waals surface area contributed by atoms with E-state index in [9.17, 15) is 5.26 Å². The number of hydrogen-bond acceptors (Lipinski definition) is 5. The third-order valence-corrected chi connectivity index (χ3v) is 7.61. The Kier molecular flexibility index (Phi) is 6.60. The van der Waals surface area contributed by atoms with E-state index in [4.69, 9.17) is 5.73 Å². The highest BCUT2D eigenvalue weighted by molar-refractivity contribution is 5.75. The zero-order chi connectivity index (χ0) is 23.5. The Labute approximate surface area is 203 Å². The number of nitrogens with zero attached hydrogens (tertiary/aromatic N) is 2. The molecule has 176 valence electrons. The van der Waals surface area contributed by atoms with E-state index in [0.29, 0.717) is 5.56 Å². The standard InChI is InChI=1S/C29H35N5/c1-20(31)29-26-10-9-23(22-12-15-34(16-13-22)25-7-2-3-8-25)18-27(26)28(11-14-32-29)33-24-6-4-5-21(17-24)19-30/h4-6,9-10,12,17-18,25,28,32-33H,2-3,7-8,11,13-16,31H2,1H3/b29-20-. The molecule has 0 amide bonds. The fraction of sp³-hybridized carbons (Fsp3) is 0.414. The SMILES string of the molecule is C/C(N)=C1/NCCC(Nc2cccc(C#N)c2)c2cc(C3=CCN(C4CCCC4)CC3)ccc21. The Balaban J connectivity index is 1.46. The molecule has 5 heteroatoms. The van der Waals surface area contributed by atoms with Gasteiger partial charge in [-0.15, -0.1) is 0 Å². The Morgan fingerprint density at radius 3 is 2.74 bits per heavy atom. The van der Waals surface area contributed by atoms with E-state index in [2.05, 4.69) is 45.9 Å². The molecule has 2 aromatic carbocycles. The molecule has 3 aliphatic rings. The summed E-state index contributed by atoms with van der Waals surface area (Å²) in [6, 6.07) is 17.8. The summed E-state index contributed by atoms with van der Waals surface area (Å²) in [7, 11) is 0. The highest BCUT2D eigenvalue weighted by Gasteiger charge is 2.26. The lowest BCUT2D eigenvalue weighted by Crippen LogP contribution is -2.36. The predicted octanol–water partition coefficient (Wildman–Crippen LogP) is 5.38. The minimum absolute atomic E-state index is 0.132. The van der Waals surface area contributed by atoms with E-state index in [0.717, 1.165) is 55.6 Å². The first-order valence-corrected chi connectivity index (χ1v) is 12.7. The van der Waals surface area contributed by atoms with Crippen LogP contribution >= 0.6 is 0 Å². The maximum atomic E-state index is 9.32. The lowest BCUT2D eigenvalue weighted by Gasteiger charge is -2.32. The molecule has 0 aromatic heterocycles. The van der Waals surface area contributed by atoms with Gasteiger partial charge in [0.15, 0.2) is 0 Å². The highest BCUT2D eigenvalue weighted by Crippen LogP contribution is 2.36. The Morgan fingerprint density at radius 2 is 2.00 bits per heavy atom. The Morgan fingerprint density at radius 1 is 1.15 bits per heavy atom. The van der Waals surface area contributed by atoms with Crippen LogP contribution in [-0.2, 0) is 0 Å². The van der Waals surface area contributed by atoms with Crippen LogP contribution in [0, 0.1) is 11.3 Å². The number of benzene rings is 2. The van der Waals surface area contributed by atoms with Crippen molar-refractivity contribution in [3.8, 4) is 6.07 Å². The second kappa shape index (κ2) is 9.95. The summed E-state index contributed by atoms with van der Waals surface area (Å²) < 4.78 is 0. The number of rotatable bonds is 4. The van der Waals surface area contributed by atoms with E-state index in [-0.39, 0.29) is 6.04 Å². The Bertz CT molecular complexity index is 1150. The molecule has 34 heavy (non-hydrogen) atoms. The molecule has 0 spiro atoms. The average molecular weight is 454 g/mol. The van der Waals surface area contributed by atoms with E-state index in [1.807, 2.05) is 31.2 Å². The van der Waals surface area contributed by atoms with Gasteiger partial charge in [-0.3, -0.25) is 4.90 Å². The number of hydrogen-bond donors (Lipinski definition) is 3. The second-order valence-electron chi connectivity index (χ2n) is 9.88. The molecule has 1 saturated carbocycles. The molecule has 2 aliphatic heterocycles. The normalized spacial score (nSPS) is 22.7. The third-order valence-electron chi connectivity index (χ3n) is 7.61. The van der Waals surface area contributed by atoms with Crippen LogP contribution in [-0.4, -0.2) is 30.6 Å². The quantitative estimate of drug-likeness (QED) is 0.579. The van der Waals surface area contributed by atoms with Gasteiger partial charge in [0.25, 0.3) is 0 Å². The van der Waals surface area contributed by atoms with Gasteiger partial charge in [0.05, 0.1) is 23.4 Å². The van der Waals surface area contributed by atoms with Gasteiger partial charge in [0, 0.05) is 42.6 Å². The number of anilines is 1. The number of nitriles is 1. The lowest BCUT2D eigenvalue weighted by molar-refractivity contribution is 0.219. The summed E-state index contributed by atoms with van der Waals surface area (Å²) in [4.78, 5) is 2.68. The van der Waals surface area contributed by atoms with Crippen molar-refractivity contribution in [3.05, 3.63) is 76.5 Å². The van der Waals surface area contributed by atoms with Gasteiger partial charge in [-0.25, -0.2) is 0 Å². The van der Waals surface area contributed by atoms with Crippen LogP contribution in [0.5, 0.6) is 0 Å². The van der Waals surface area contributed by atoms with Crippen molar-refractivity contribution in [3.63, 3.8) is 0 Å². The monoisotopic (exact) mass is 453 g/mol. The van der Waals surface area contributed by atoms with E-state index in [1.54, 1.807) is 0 Å². The summed E-state index contributed by atoms with van der Waals surface area (Å²) in [5.74, 6) is 0. The number of allylic oxidation sites excluding steroid dienone is 1. The molecule has 5 rings (SSSR count). The summed E-state index contributed by atoms with van der Waals surface area (Å²) >= 11 is 0. The first-order chi connectivity index (χ1) is 16.6. The van der Waals surface area contributed by atoms with Gasteiger partial charge in [-0.2, -0.15) is 5.26 Å². The molecule has 5 nitrogen and oxygen atoms in total. The summed E-state index contributed by atoms with van der Waals surface area (Å²) in [5, 5.41) is 16.6. The first kappa shape index (κ1) is 22.6. The fourth-order valence-corrected chi connectivity index (χ4v) is 5.80. The maximum Gasteiger partial charge on any atom is 0.0992 e. The molecule has 1 aliphatic carbocycles. The van der Waals surface area contributed by atoms with Crippen molar-refractivity contribution in [1.82, 2.24) is 10.2 Å². The zero-order valence-corrected chi connectivity index (χ0v) is 20.1. The van der Waals surface area contributed by atoms with Crippen molar-refractivity contribution in [2.75, 3.05) is 25.0 Å². The molecule has 4 N–H and O–H groups in total. The van der Waals surface area contributed by atoms with E-state index < -0.39 is 0 Å². The number of nitrogens with two attached hydrogens (primary N) is 1. The van der Waals surface area contributed by atoms with Crippen molar-refractivity contribution in [2.45, 2.75) is 57.5 Å². The Hall–Kier alpha value is -3.23. The minimum Gasteiger partial charge on any atom is -0.401 e. The van der Waals surface area contributed by atoms with Crippen molar-refractivity contribution in [1.29, 1.82) is 5.26 Å².